The average Bonchev–Trinajstić information content (AvgIpc) is 2.67. The van der Waals surface area contributed by atoms with E-state index in [0.29, 0.717) is 12.2 Å². The number of aryl methyl sites for hydroxylation is 1. The van der Waals surface area contributed by atoms with E-state index in [0.717, 1.165) is 30.6 Å². The van der Waals surface area contributed by atoms with E-state index in [4.69, 9.17) is 4.74 Å². The lowest BCUT2D eigenvalue weighted by atomic mass is 10.1. The Labute approximate surface area is 156 Å². The molecule has 0 unspecified atom stereocenters. The highest BCUT2D eigenvalue weighted by atomic mass is 16.5. The molecule has 4 nitrogen and oxygen atoms in total. The molecule has 2 rings (SSSR count). The lowest BCUT2D eigenvalue weighted by Gasteiger charge is -2.03. The van der Waals surface area contributed by atoms with E-state index in [1.165, 1.54) is 24.8 Å². The predicted molar refractivity (Wildman–Crippen MR) is 105 cm³/mol. The van der Waals surface area contributed by atoms with Gasteiger partial charge in [0.2, 0.25) is 0 Å². The number of unbranched alkanes of at least 4 members (excludes halogenated alkanes) is 3. The van der Waals surface area contributed by atoms with Crippen LogP contribution in [0.4, 0.5) is 11.4 Å². The predicted octanol–water partition coefficient (Wildman–Crippen LogP) is 6.93. The minimum Gasteiger partial charge on any atom is -0.427 e. The van der Waals surface area contributed by atoms with Gasteiger partial charge in [-0.15, -0.1) is 0 Å². The number of hydrogen-bond acceptors (Lipinski definition) is 4. The van der Waals surface area contributed by atoms with Crippen LogP contribution in [0, 0.1) is 0 Å². The molecule has 0 aromatic heterocycles. The Kier molecular flexibility index (Phi) is 8.53. The Hall–Kier alpha value is -2.49. The minimum atomic E-state index is -0.194. The van der Waals surface area contributed by atoms with Gasteiger partial charge >= 0.3 is 5.97 Å². The molecule has 0 N–H and O–H groups in total. The van der Waals surface area contributed by atoms with Crippen LogP contribution in [-0.2, 0) is 11.2 Å². The Morgan fingerprint density at radius 1 is 0.808 bits per heavy atom. The van der Waals surface area contributed by atoms with Gasteiger partial charge in [0.1, 0.15) is 5.75 Å². The number of carbonyl (C=O) groups is 1. The second-order valence-electron chi connectivity index (χ2n) is 6.40. The van der Waals surface area contributed by atoms with E-state index in [9.17, 15) is 4.79 Å². The fourth-order valence-corrected chi connectivity index (χ4v) is 2.51. The van der Waals surface area contributed by atoms with Crippen molar-refractivity contribution in [1.29, 1.82) is 0 Å². The third-order valence-corrected chi connectivity index (χ3v) is 4.09. The molecule has 2 aromatic rings. The van der Waals surface area contributed by atoms with E-state index in [1.54, 1.807) is 24.3 Å². The summed E-state index contributed by atoms with van der Waals surface area (Å²) in [6.07, 6.45) is 7.13. The molecular formula is C22H28N2O2. The molecule has 0 aliphatic heterocycles. The maximum absolute atomic E-state index is 11.6. The largest absolute Gasteiger partial charge is 0.427 e. The summed E-state index contributed by atoms with van der Waals surface area (Å²) in [5.41, 5.74) is 2.90. The normalized spacial score (nSPS) is 11.0. The molecule has 0 heterocycles. The lowest BCUT2D eigenvalue weighted by Crippen LogP contribution is -2.06. The van der Waals surface area contributed by atoms with Gasteiger partial charge in [-0.05, 0) is 61.2 Å². The maximum Gasteiger partial charge on any atom is 0.311 e. The van der Waals surface area contributed by atoms with Crippen molar-refractivity contribution in [3.05, 3.63) is 54.1 Å². The van der Waals surface area contributed by atoms with Crippen molar-refractivity contribution in [3.8, 4) is 5.75 Å². The van der Waals surface area contributed by atoms with Crippen molar-refractivity contribution in [2.24, 2.45) is 10.2 Å². The Morgan fingerprint density at radius 3 is 1.96 bits per heavy atom. The number of azo groups is 1. The van der Waals surface area contributed by atoms with Crippen molar-refractivity contribution >= 4 is 17.3 Å². The molecule has 4 heteroatoms. The van der Waals surface area contributed by atoms with Crippen LogP contribution < -0.4 is 4.74 Å². The number of nitrogens with zero attached hydrogens (tertiary/aromatic N) is 2. The van der Waals surface area contributed by atoms with Crippen molar-refractivity contribution in [2.75, 3.05) is 0 Å². The molecule has 2 aromatic carbocycles. The fraction of sp³-hybridized carbons (Fsp3) is 0.409. The maximum atomic E-state index is 11.6. The van der Waals surface area contributed by atoms with Crippen molar-refractivity contribution in [3.63, 3.8) is 0 Å². The van der Waals surface area contributed by atoms with Gasteiger partial charge in [0.25, 0.3) is 0 Å². The second-order valence-corrected chi connectivity index (χ2v) is 6.40. The number of esters is 1. The van der Waals surface area contributed by atoms with E-state index in [1.807, 2.05) is 19.1 Å². The minimum absolute atomic E-state index is 0.194. The summed E-state index contributed by atoms with van der Waals surface area (Å²) in [5, 5.41) is 8.50. The monoisotopic (exact) mass is 352 g/mol. The van der Waals surface area contributed by atoms with Crippen LogP contribution in [0.3, 0.4) is 0 Å². The van der Waals surface area contributed by atoms with Crippen LogP contribution in [0.25, 0.3) is 0 Å². The highest BCUT2D eigenvalue weighted by molar-refractivity contribution is 5.72. The summed E-state index contributed by atoms with van der Waals surface area (Å²) in [6, 6.07) is 15.3. The molecule has 26 heavy (non-hydrogen) atoms. The number of rotatable bonds is 10. The molecule has 0 amide bonds. The quantitative estimate of drug-likeness (QED) is 0.201. The van der Waals surface area contributed by atoms with Crippen LogP contribution in [0.2, 0.25) is 0 Å². The molecule has 0 aliphatic rings. The Morgan fingerprint density at radius 2 is 1.38 bits per heavy atom. The highest BCUT2D eigenvalue weighted by Gasteiger charge is 2.03. The summed E-state index contributed by atoms with van der Waals surface area (Å²) in [5.74, 6) is 0.349. The zero-order valence-electron chi connectivity index (χ0n) is 15.8. The zero-order valence-corrected chi connectivity index (χ0v) is 15.8. The first kappa shape index (κ1) is 19.8. The zero-order chi connectivity index (χ0) is 18.6. The van der Waals surface area contributed by atoms with Gasteiger partial charge in [0.05, 0.1) is 11.4 Å². The molecular weight excluding hydrogens is 324 g/mol. The Balaban J connectivity index is 1.86. The molecule has 0 saturated carbocycles. The van der Waals surface area contributed by atoms with Gasteiger partial charge in [0, 0.05) is 6.42 Å². The SMILES string of the molecule is CCCCCc1ccc(N=Nc2ccc(OC(=O)CCCC)cc2)cc1. The van der Waals surface area contributed by atoms with E-state index in [-0.39, 0.29) is 5.97 Å². The van der Waals surface area contributed by atoms with Crippen molar-refractivity contribution in [1.82, 2.24) is 0 Å². The summed E-state index contributed by atoms with van der Waals surface area (Å²) in [7, 11) is 0. The summed E-state index contributed by atoms with van der Waals surface area (Å²) in [4.78, 5) is 11.6. The van der Waals surface area contributed by atoms with Gasteiger partial charge in [-0.2, -0.15) is 10.2 Å². The van der Waals surface area contributed by atoms with E-state index in [2.05, 4.69) is 29.3 Å². The van der Waals surface area contributed by atoms with Gasteiger partial charge in [-0.3, -0.25) is 4.79 Å². The summed E-state index contributed by atoms with van der Waals surface area (Å²) in [6.45, 7) is 4.26. The number of benzene rings is 2. The smallest absolute Gasteiger partial charge is 0.311 e. The van der Waals surface area contributed by atoms with Crippen molar-refractivity contribution < 1.29 is 9.53 Å². The van der Waals surface area contributed by atoms with Crippen molar-refractivity contribution in [2.45, 2.75) is 58.8 Å². The number of ether oxygens (including phenoxy) is 1. The van der Waals surface area contributed by atoms with Crippen LogP contribution in [0.5, 0.6) is 5.75 Å². The molecule has 0 atom stereocenters. The topological polar surface area (TPSA) is 51.0 Å². The number of carbonyl (C=O) groups excluding carboxylic acids is 1. The average molecular weight is 352 g/mol. The molecule has 0 radical (unpaired) electrons. The molecule has 0 aliphatic carbocycles. The van der Waals surface area contributed by atoms with Crippen LogP contribution in [0.15, 0.2) is 58.8 Å². The standard InChI is InChI=1S/C22H28N2O2/c1-3-5-7-8-18-10-12-19(13-11-18)23-24-20-14-16-21(17-15-20)26-22(25)9-6-4-2/h10-17H,3-9H2,1-2H3. The summed E-state index contributed by atoms with van der Waals surface area (Å²) >= 11 is 0. The lowest BCUT2D eigenvalue weighted by molar-refractivity contribution is -0.134. The van der Waals surface area contributed by atoms with Gasteiger partial charge in [-0.25, -0.2) is 0 Å². The first-order valence-corrected chi connectivity index (χ1v) is 9.52. The first-order valence-electron chi connectivity index (χ1n) is 9.52. The van der Waals surface area contributed by atoms with Crippen LogP contribution in [-0.4, -0.2) is 5.97 Å². The molecule has 0 saturated heterocycles. The summed E-state index contributed by atoms with van der Waals surface area (Å²) < 4.78 is 5.28. The van der Waals surface area contributed by atoms with E-state index < -0.39 is 0 Å². The Bertz CT molecular complexity index is 691. The first-order chi connectivity index (χ1) is 12.7. The molecule has 0 bridgehead atoms. The second kappa shape index (κ2) is 11.2. The highest BCUT2D eigenvalue weighted by Crippen LogP contribution is 2.22. The van der Waals surface area contributed by atoms with Crippen LogP contribution >= 0.6 is 0 Å². The fourth-order valence-electron chi connectivity index (χ4n) is 2.51. The number of hydrogen-bond donors (Lipinski definition) is 0. The molecule has 0 fully saturated rings. The van der Waals surface area contributed by atoms with Gasteiger partial charge < -0.3 is 4.74 Å². The van der Waals surface area contributed by atoms with Gasteiger partial charge in [-0.1, -0.05) is 45.2 Å². The molecule has 0 spiro atoms. The third-order valence-electron chi connectivity index (χ3n) is 4.09. The van der Waals surface area contributed by atoms with Crippen LogP contribution in [0.1, 0.15) is 57.9 Å². The van der Waals surface area contributed by atoms with E-state index >= 15 is 0 Å². The molecule has 138 valence electrons. The third kappa shape index (κ3) is 7.18. The van der Waals surface area contributed by atoms with Gasteiger partial charge in [0.15, 0.2) is 0 Å².